The summed E-state index contributed by atoms with van der Waals surface area (Å²) in [4.78, 5) is 11.3. The number of hydrogen-bond donors (Lipinski definition) is 1. The maximum atomic E-state index is 4.95. The summed E-state index contributed by atoms with van der Waals surface area (Å²) in [5.41, 5.74) is 1.31. The van der Waals surface area contributed by atoms with Crippen molar-refractivity contribution < 1.29 is 0 Å². The van der Waals surface area contributed by atoms with Crippen LogP contribution in [-0.4, -0.2) is 49.2 Å². The molecule has 0 atom stereocenters. The van der Waals surface area contributed by atoms with Gasteiger partial charge in [-0.1, -0.05) is 27.2 Å². The maximum absolute atomic E-state index is 4.95. The van der Waals surface area contributed by atoms with Crippen LogP contribution >= 0.6 is 11.3 Å². The van der Waals surface area contributed by atoms with Gasteiger partial charge in [0.15, 0.2) is 5.13 Å². The minimum Gasteiger partial charge on any atom is -0.347 e. The first-order valence-corrected chi connectivity index (χ1v) is 9.07. The van der Waals surface area contributed by atoms with Crippen molar-refractivity contribution in [3.8, 4) is 0 Å². The van der Waals surface area contributed by atoms with Gasteiger partial charge in [0.2, 0.25) is 0 Å². The molecule has 1 N–H and O–H groups in total. The van der Waals surface area contributed by atoms with Crippen molar-refractivity contribution in [3.05, 3.63) is 10.6 Å². The van der Waals surface area contributed by atoms with Crippen LogP contribution in [0, 0.1) is 0 Å². The third-order valence-corrected chi connectivity index (χ3v) is 5.07. The van der Waals surface area contributed by atoms with Gasteiger partial charge >= 0.3 is 0 Å². The first kappa shape index (κ1) is 16.7. The molecule has 0 radical (unpaired) electrons. The van der Waals surface area contributed by atoms with Crippen LogP contribution in [-0.2, 0) is 13.0 Å². The van der Waals surface area contributed by atoms with Gasteiger partial charge in [-0.25, -0.2) is 4.98 Å². The molecule has 0 aliphatic carbocycles. The summed E-state index contributed by atoms with van der Waals surface area (Å²) < 4.78 is 0. The minimum absolute atomic E-state index is 0.525. The summed E-state index contributed by atoms with van der Waals surface area (Å²) in [6, 6.07) is 0.525. The molecule has 0 saturated carbocycles. The van der Waals surface area contributed by atoms with Crippen LogP contribution in [0.5, 0.6) is 0 Å². The Balaban J connectivity index is 2.09. The standard InChI is InChI=1S/C16H30N4S/c1-5-7-14-15(12-17-13(2)3)21-16(18-14)20-9-6-8-19(4)10-11-20/h13,17H,5-12H2,1-4H3. The van der Waals surface area contributed by atoms with Crippen LogP contribution in [0.2, 0.25) is 0 Å². The van der Waals surface area contributed by atoms with E-state index >= 15 is 0 Å². The minimum atomic E-state index is 0.525. The number of aryl methyl sites for hydroxylation is 1. The summed E-state index contributed by atoms with van der Waals surface area (Å²) in [6.07, 6.45) is 3.50. The highest BCUT2D eigenvalue weighted by atomic mass is 32.1. The summed E-state index contributed by atoms with van der Waals surface area (Å²) in [5, 5.41) is 4.77. The maximum Gasteiger partial charge on any atom is 0.185 e. The Morgan fingerprint density at radius 2 is 2.05 bits per heavy atom. The van der Waals surface area contributed by atoms with Crippen molar-refractivity contribution in [1.29, 1.82) is 0 Å². The van der Waals surface area contributed by atoms with E-state index in [4.69, 9.17) is 4.98 Å². The number of hydrogen-bond acceptors (Lipinski definition) is 5. The average Bonchev–Trinajstić information content (AvgIpc) is 2.70. The topological polar surface area (TPSA) is 31.4 Å². The third kappa shape index (κ3) is 4.94. The normalized spacial score (nSPS) is 17.5. The Hall–Kier alpha value is -0.650. The van der Waals surface area contributed by atoms with Crippen molar-refractivity contribution >= 4 is 16.5 Å². The largest absolute Gasteiger partial charge is 0.347 e. The number of anilines is 1. The monoisotopic (exact) mass is 310 g/mol. The number of nitrogens with zero attached hydrogens (tertiary/aromatic N) is 3. The van der Waals surface area contributed by atoms with E-state index in [1.165, 1.54) is 35.1 Å². The van der Waals surface area contributed by atoms with E-state index < -0.39 is 0 Å². The molecule has 21 heavy (non-hydrogen) atoms. The Bertz CT molecular complexity index is 430. The van der Waals surface area contributed by atoms with Gasteiger partial charge in [-0.05, 0) is 26.4 Å². The molecule has 1 saturated heterocycles. The van der Waals surface area contributed by atoms with Gasteiger partial charge in [0.05, 0.1) is 5.69 Å². The van der Waals surface area contributed by atoms with Gasteiger partial charge in [0.1, 0.15) is 0 Å². The molecule has 120 valence electrons. The van der Waals surface area contributed by atoms with Crippen LogP contribution in [0.15, 0.2) is 0 Å². The SMILES string of the molecule is CCCc1nc(N2CCCN(C)CC2)sc1CNC(C)C. The molecule has 2 rings (SSSR count). The van der Waals surface area contributed by atoms with Gasteiger partial charge in [0, 0.05) is 37.1 Å². The van der Waals surface area contributed by atoms with Gasteiger partial charge < -0.3 is 15.1 Å². The molecule has 0 amide bonds. The first-order chi connectivity index (χ1) is 10.1. The van der Waals surface area contributed by atoms with Crippen molar-refractivity contribution in [3.63, 3.8) is 0 Å². The lowest BCUT2D eigenvalue weighted by molar-refractivity contribution is 0.360. The molecular weight excluding hydrogens is 280 g/mol. The highest BCUT2D eigenvalue weighted by molar-refractivity contribution is 7.15. The molecule has 0 spiro atoms. The number of thiazole rings is 1. The van der Waals surface area contributed by atoms with Crippen LogP contribution in [0.3, 0.4) is 0 Å². The van der Waals surface area contributed by atoms with Gasteiger partial charge in [-0.15, -0.1) is 11.3 Å². The number of likely N-dealkylation sites (N-methyl/N-ethyl adjacent to an activating group) is 1. The average molecular weight is 311 g/mol. The predicted octanol–water partition coefficient (Wildman–Crippen LogP) is 2.74. The first-order valence-electron chi connectivity index (χ1n) is 8.25. The quantitative estimate of drug-likeness (QED) is 0.875. The summed E-state index contributed by atoms with van der Waals surface area (Å²) in [5.74, 6) is 0. The Morgan fingerprint density at radius 1 is 1.24 bits per heavy atom. The van der Waals surface area contributed by atoms with Crippen molar-refractivity contribution in [1.82, 2.24) is 15.2 Å². The highest BCUT2D eigenvalue weighted by Crippen LogP contribution is 2.28. The van der Waals surface area contributed by atoms with Gasteiger partial charge in [0.25, 0.3) is 0 Å². The van der Waals surface area contributed by atoms with E-state index in [-0.39, 0.29) is 0 Å². The van der Waals surface area contributed by atoms with Crippen molar-refractivity contribution in [2.24, 2.45) is 0 Å². The second kappa shape index (κ2) is 8.11. The molecule has 0 bridgehead atoms. The fourth-order valence-corrected chi connectivity index (χ4v) is 3.72. The zero-order chi connectivity index (χ0) is 15.2. The lowest BCUT2D eigenvalue weighted by atomic mass is 10.2. The van der Waals surface area contributed by atoms with Gasteiger partial charge in [-0.2, -0.15) is 0 Å². The van der Waals surface area contributed by atoms with Crippen LogP contribution in [0.4, 0.5) is 5.13 Å². The third-order valence-electron chi connectivity index (χ3n) is 3.91. The summed E-state index contributed by atoms with van der Waals surface area (Å²) >= 11 is 1.89. The molecule has 4 nitrogen and oxygen atoms in total. The molecule has 0 aromatic carbocycles. The fraction of sp³-hybridized carbons (Fsp3) is 0.812. The molecule has 1 aromatic heterocycles. The molecule has 1 aliphatic heterocycles. The number of rotatable bonds is 6. The van der Waals surface area contributed by atoms with Gasteiger partial charge in [-0.3, -0.25) is 0 Å². The van der Waals surface area contributed by atoms with Crippen LogP contribution in [0.25, 0.3) is 0 Å². The zero-order valence-corrected chi connectivity index (χ0v) is 14.8. The molecule has 1 aromatic rings. The fourth-order valence-electron chi connectivity index (χ4n) is 2.61. The van der Waals surface area contributed by atoms with E-state index in [1.54, 1.807) is 0 Å². The summed E-state index contributed by atoms with van der Waals surface area (Å²) in [7, 11) is 2.21. The smallest absolute Gasteiger partial charge is 0.185 e. The molecule has 5 heteroatoms. The highest BCUT2D eigenvalue weighted by Gasteiger charge is 2.18. The Kier molecular flexibility index (Phi) is 6.45. The second-order valence-corrected chi connectivity index (χ2v) is 7.36. The number of aromatic nitrogens is 1. The van der Waals surface area contributed by atoms with E-state index in [9.17, 15) is 0 Å². The van der Waals surface area contributed by atoms with Crippen LogP contribution < -0.4 is 10.2 Å². The zero-order valence-electron chi connectivity index (χ0n) is 14.0. The molecular formula is C16H30N4S. The molecule has 1 aliphatic rings. The Labute approximate surface area is 133 Å². The molecule has 2 heterocycles. The number of nitrogens with one attached hydrogen (secondary N) is 1. The summed E-state index contributed by atoms with van der Waals surface area (Å²) in [6.45, 7) is 12.2. The van der Waals surface area contributed by atoms with E-state index in [0.29, 0.717) is 6.04 Å². The van der Waals surface area contributed by atoms with E-state index in [0.717, 1.165) is 32.6 Å². The predicted molar refractivity (Wildman–Crippen MR) is 92.4 cm³/mol. The lowest BCUT2D eigenvalue weighted by Crippen LogP contribution is -2.28. The van der Waals surface area contributed by atoms with Crippen molar-refractivity contribution in [2.45, 2.75) is 52.6 Å². The Morgan fingerprint density at radius 3 is 2.76 bits per heavy atom. The van der Waals surface area contributed by atoms with Crippen molar-refractivity contribution in [2.75, 3.05) is 38.1 Å². The van der Waals surface area contributed by atoms with E-state index in [2.05, 4.69) is 42.9 Å². The van der Waals surface area contributed by atoms with E-state index in [1.807, 2.05) is 11.3 Å². The lowest BCUT2D eigenvalue weighted by Gasteiger charge is -2.19. The second-order valence-electron chi connectivity index (χ2n) is 6.30. The molecule has 0 unspecified atom stereocenters. The molecule has 1 fully saturated rings. The van der Waals surface area contributed by atoms with Crippen LogP contribution in [0.1, 0.15) is 44.2 Å².